The number of pyridine rings is 1. The highest BCUT2D eigenvalue weighted by Gasteiger charge is 2.13. The van der Waals surface area contributed by atoms with Gasteiger partial charge in [0.15, 0.2) is 5.69 Å². The molecule has 0 saturated heterocycles. The van der Waals surface area contributed by atoms with Gasteiger partial charge < -0.3 is 11.1 Å². The number of carbonyl (C=O) groups is 1. The fourth-order valence-electron chi connectivity index (χ4n) is 3.84. The first kappa shape index (κ1) is 22.2. The van der Waals surface area contributed by atoms with Crippen LogP contribution in [-0.4, -0.2) is 35.7 Å². The summed E-state index contributed by atoms with van der Waals surface area (Å²) in [5.41, 5.74) is 13.2. The molecule has 0 aliphatic carbocycles. The van der Waals surface area contributed by atoms with E-state index >= 15 is 0 Å². The zero-order valence-electron chi connectivity index (χ0n) is 19.3. The first-order valence-electron chi connectivity index (χ1n) is 10.8. The third-order valence-corrected chi connectivity index (χ3v) is 5.57. The van der Waals surface area contributed by atoms with Gasteiger partial charge in [0.2, 0.25) is 0 Å². The van der Waals surface area contributed by atoms with Gasteiger partial charge in [-0.2, -0.15) is 5.10 Å². The third kappa shape index (κ3) is 5.25. The molecule has 0 fully saturated rings. The minimum absolute atomic E-state index is 0.273. The zero-order chi connectivity index (χ0) is 23.5. The van der Waals surface area contributed by atoms with E-state index in [1.54, 1.807) is 16.9 Å². The summed E-state index contributed by atoms with van der Waals surface area (Å²) in [6, 6.07) is 12.2. The lowest BCUT2D eigenvalue weighted by Crippen LogP contribution is -2.24. The van der Waals surface area contributed by atoms with Crippen LogP contribution in [-0.2, 0) is 19.6 Å². The van der Waals surface area contributed by atoms with Crippen molar-refractivity contribution in [3.63, 3.8) is 0 Å². The average molecular weight is 445 g/mol. The second-order valence-electron chi connectivity index (χ2n) is 8.31. The van der Waals surface area contributed by atoms with Gasteiger partial charge in [-0.15, -0.1) is 5.10 Å². The Hall–Kier alpha value is -4.01. The zero-order valence-corrected chi connectivity index (χ0v) is 19.3. The first-order valence-corrected chi connectivity index (χ1v) is 10.8. The summed E-state index contributed by atoms with van der Waals surface area (Å²) in [7, 11) is 0. The maximum Gasteiger partial charge on any atom is 0.273 e. The molecule has 4 rings (SSSR count). The molecule has 3 N–H and O–H groups in total. The van der Waals surface area contributed by atoms with Crippen LogP contribution in [0.4, 0.5) is 5.82 Å². The molecule has 0 atom stereocenters. The second kappa shape index (κ2) is 9.23. The van der Waals surface area contributed by atoms with Gasteiger partial charge in [0.1, 0.15) is 5.82 Å². The van der Waals surface area contributed by atoms with Crippen molar-refractivity contribution in [3.05, 3.63) is 87.6 Å². The van der Waals surface area contributed by atoms with E-state index in [4.69, 9.17) is 5.73 Å². The van der Waals surface area contributed by atoms with Crippen LogP contribution in [0.3, 0.4) is 0 Å². The summed E-state index contributed by atoms with van der Waals surface area (Å²) < 4.78 is 3.66. The number of nitrogens with two attached hydrogens (primary N) is 1. The molecule has 33 heavy (non-hydrogen) atoms. The number of aromatic nitrogens is 6. The fourth-order valence-corrected chi connectivity index (χ4v) is 3.84. The van der Waals surface area contributed by atoms with Gasteiger partial charge in [-0.05, 0) is 62.1 Å². The van der Waals surface area contributed by atoms with Gasteiger partial charge in [-0.3, -0.25) is 9.48 Å². The molecule has 3 heterocycles. The molecule has 1 amide bonds. The summed E-state index contributed by atoms with van der Waals surface area (Å²) in [6.07, 6.45) is 1.65. The Bertz CT molecular complexity index is 1260. The quantitative estimate of drug-likeness (QED) is 0.453. The van der Waals surface area contributed by atoms with Crippen LogP contribution < -0.4 is 11.1 Å². The van der Waals surface area contributed by atoms with Crippen LogP contribution in [0.5, 0.6) is 0 Å². The minimum atomic E-state index is -0.280. The Balaban J connectivity index is 1.35. The number of nitrogen functional groups attached to an aromatic ring is 1. The van der Waals surface area contributed by atoms with Crippen LogP contribution in [0, 0.1) is 27.7 Å². The largest absolute Gasteiger partial charge is 0.384 e. The van der Waals surface area contributed by atoms with Crippen molar-refractivity contribution in [2.24, 2.45) is 0 Å². The third-order valence-electron chi connectivity index (χ3n) is 5.57. The average Bonchev–Trinajstić information content (AvgIpc) is 3.34. The number of carbonyl (C=O) groups excluding carboxylic acids is 1. The summed E-state index contributed by atoms with van der Waals surface area (Å²) >= 11 is 0. The molecule has 9 nitrogen and oxygen atoms in total. The molecule has 0 saturated carbocycles. The van der Waals surface area contributed by atoms with Gasteiger partial charge >= 0.3 is 0 Å². The lowest BCUT2D eigenvalue weighted by atomic mass is 10.1. The molecule has 3 aromatic heterocycles. The highest BCUT2D eigenvalue weighted by atomic mass is 16.2. The summed E-state index contributed by atoms with van der Waals surface area (Å²) in [4.78, 5) is 16.8. The Morgan fingerprint density at radius 1 is 1.03 bits per heavy atom. The molecule has 0 aliphatic heterocycles. The number of nitrogens with zero attached hydrogens (tertiary/aromatic N) is 6. The molecule has 0 unspecified atom stereocenters. The summed E-state index contributed by atoms with van der Waals surface area (Å²) in [5, 5.41) is 15.5. The van der Waals surface area contributed by atoms with Gasteiger partial charge in [0.05, 0.1) is 25.0 Å². The van der Waals surface area contributed by atoms with Crippen molar-refractivity contribution in [1.82, 2.24) is 35.1 Å². The number of hydrogen-bond acceptors (Lipinski definition) is 6. The number of aryl methyl sites for hydroxylation is 4. The first-order chi connectivity index (χ1) is 15.8. The molecule has 1 aromatic carbocycles. The van der Waals surface area contributed by atoms with E-state index in [1.165, 1.54) is 5.56 Å². The van der Waals surface area contributed by atoms with Crippen LogP contribution in [0.25, 0.3) is 0 Å². The predicted octanol–water partition coefficient (Wildman–Crippen LogP) is 2.71. The van der Waals surface area contributed by atoms with Crippen LogP contribution in [0.2, 0.25) is 0 Å². The van der Waals surface area contributed by atoms with Gasteiger partial charge in [-0.1, -0.05) is 29.5 Å². The van der Waals surface area contributed by atoms with Crippen LogP contribution in [0.15, 0.2) is 42.6 Å². The molecule has 0 aliphatic rings. The van der Waals surface area contributed by atoms with Crippen molar-refractivity contribution >= 4 is 11.7 Å². The smallest absolute Gasteiger partial charge is 0.273 e. The Labute approximate surface area is 192 Å². The molecule has 0 spiro atoms. The number of amides is 1. The number of anilines is 1. The summed E-state index contributed by atoms with van der Waals surface area (Å²) in [6.45, 7) is 9.50. The van der Waals surface area contributed by atoms with E-state index in [0.717, 1.165) is 40.3 Å². The highest BCUT2D eigenvalue weighted by Crippen LogP contribution is 2.15. The number of rotatable bonds is 7. The Kier molecular flexibility index (Phi) is 6.21. The number of hydrogen-bond donors (Lipinski definition) is 2. The standard InChI is InChI=1S/C24H28N8O/c1-15-9-23(25)27-18(4)21(15)11-26-24(33)22-14-31(30-28-22)12-19-5-7-20(8-6-19)13-32-17(3)10-16(2)29-32/h5-10,14H,11-13H2,1-4H3,(H2,25,27)(H,26,33). The molecule has 170 valence electrons. The van der Waals surface area contributed by atoms with Crippen LogP contribution in [0.1, 0.15) is 49.8 Å². The van der Waals surface area contributed by atoms with E-state index in [9.17, 15) is 4.79 Å². The maximum absolute atomic E-state index is 12.5. The van der Waals surface area contributed by atoms with Crippen molar-refractivity contribution < 1.29 is 4.79 Å². The molecular weight excluding hydrogens is 416 g/mol. The van der Waals surface area contributed by atoms with E-state index in [2.05, 4.69) is 63.0 Å². The Morgan fingerprint density at radius 2 is 1.73 bits per heavy atom. The van der Waals surface area contributed by atoms with Crippen molar-refractivity contribution in [3.8, 4) is 0 Å². The Morgan fingerprint density at radius 3 is 2.36 bits per heavy atom. The lowest BCUT2D eigenvalue weighted by molar-refractivity contribution is 0.0945. The van der Waals surface area contributed by atoms with Crippen molar-refractivity contribution in [2.45, 2.75) is 47.3 Å². The molecule has 0 bridgehead atoms. The highest BCUT2D eigenvalue weighted by molar-refractivity contribution is 5.91. The maximum atomic E-state index is 12.5. The summed E-state index contributed by atoms with van der Waals surface area (Å²) in [5.74, 6) is 0.194. The lowest BCUT2D eigenvalue weighted by Gasteiger charge is -2.10. The van der Waals surface area contributed by atoms with E-state index in [-0.39, 0.29) is 11.6 Å². The molecule has 9 heteroatoms. The van der Waals surface area contributed by atoms with Crippen molar-refractivity contribution in [2.75, 3.05) is 5.73 Å². The molecular formula is C24H28N8O. The SMILES string of the molecule is Cc1cc(C)n(Cc2ccc(Cn3cc(C(=O)NCc4c(C)cc(N)nc4C)nn3)cc2)n1. The number of benzene rings is 1. The van der Waals surface area contributed by atoms with E-state index in [0.29, 0.717) is 18.9 Å². The van der Waals surface area contributed by atoms with E-state index < -0.39 is 0 Å². The second-order valence-corrected chi connectivity index (χ2v) is 8.31. The minimum Gasteiger partial charge on any atom is -0.384 e. The normalized spacial score (nSPS) is 11.0. The predicted molar refractivity (Wildman–Crippen MR) is 126 cm³/mol. The molecule has 0 radical (unpaired) electrons. The van der Waals surface area contributed by atoms with Gasteiger partial charge in [-0.25, -0.2) is 9.67 Å². The monoisotopic (exact) mass is 444 g/mol. The molecule has 4 aromatic rings. The van der Waals surface area contributed by atoms with Gasteiger partial charge in [0.25, 0.3) is 5.91 Å². The van der Waals surface area contributed by atoms with Crippen molar-refractivity contribution in [1.29, 1.82) is 0 Å². The fraction of sp³-hybridized carbons (Fsp3) is 0.292. The van der Waals surface area contributed by atoms with E-state index in [1.807, 2.05) is 25.5 Å². The number of nitrogens with one attached hydrogen (secondary N) is 1. The van der Waals surface area contributed by atoms with Crippen LogP contribution >= 0.6 is 0 Å². The van der Waals surface area contributed by atoms with Gasteiger partial charge in [0, 0.05) is 17.9 Å². The topological polar surface area (TPSA) is 117 Å².